The molecule has 0 saturated carbocycles. The molecule has 84 valence electrons. The van der Waals surface area contributed by atoms with Crippen molar-refractivity contribution in [3.63, 3.8) is 0 Å². The monoisotopic (exact) mass is 229 g/mol. The Morgan fingerprint density at radius 2 is 2.07 bits per heavy atom. The molecule has 1 aromatic carbocycles. The van der Waals surface area contributed by atoms with Gasteiger partial charge in [-0.2, -0.15) is 0 Å². The SMILES string of the molecule is CCN(C)CCc1cc(F)c(C)cc1Cl. The summed E-state index contributed by atoms with van der Waals surface area (Å²) in [6.45, 7) is 5.71. The zero-order valence-corrected chi connectivity index (χ0v) is 10.2. The average Bonchev–Trinajstić information content (AvgIpc) is 2.21. The van der Waals surface area contributed by atoms with Gasteiger partial charge in [0, 0.05) is 11.6 Å². The summed E-state index contributed by atoms with van der Waals surface area (Å²) < 4.78 is 13.3. The highest BCUT2D eigenvalue weighted by molar-refractivity contribution is 6.31. The molecule has 0 heterocycles. The summed E-state index contributed by atoms with van der Waals surface area (Å²) in [5, 5.41) is 0.665. The van der Waals surface area contributed by atoms with Crippen LogP contribution in [0.5, 0.6) is 0 Å². The second-order valence-corrected chi connectivity index (χ2v) is 4.25. The van der Waals surface area contributed by atoms with Gasteiger partial charge in [-0.3, -0.25) is 0 Å². The van der Waals surface area contributed by atoms with E-state index in [0.29, 0.717) is 10.6 Å². The lowest BCUT2D eigenvalue weighted by atomic mass is 10.1. The molecule has 0 N–H and O–H groups in total. The zero-order chi connectivity index (χ0) is 11.4. The number of rotatable bonds is 4. The standard InChI is InChI=1S/C12H17ClFN/c1-4-15(3)6-5-10-8-12(14)9(2)7-11(10)13/h7-8H,4-6H2,1-3H3. The summed E-state index contributed by atoms with van der Waals surface area (Å²) >= 11 is 6.04. The molecule has 1 aromatic rings. The van der Waals surface area contributed by atoms with E-state index in [0.717, 1.165) is 25.1 Å². The van der Waals surface area contributed by atoms with Gasteiger partial charge < -0.3 is 4.90 Å². The Bertz CT molecular complexity index is 339. The Hall–Kier alpha value is -0.600. The summed E-state index contributed by atoms with van der Waals surface area (Å²) in [6, 6.07) is 3.24. The van der Waals surface area contributed by atoms with E-state index in [4.69, 9.17) is 11.6 Å². The van der Waals surface area contributed by atoms with E-state index in [-0.39, 0.29) is 5.82 Å². The summed E-state index contributed by atoms with van der Waals surface area (Å²) in [6.07, 6.45) is 0.792. The number of aryl methyl sites for hydroxylation is 1. The number of hydrogen-bond acceptors (Lipinski definition) is 1. The van der Waals surface area contributed by atoms with Crippen molar-refractivity contribution in [3.05, 3.63) is 34.1 Å². The molecule has 0 aromatic heterocycles. The van der Waals surface area contributed by atoms with Crippen LogP contribution in [0.2, 0.25) is 5.02 Å². The molecule has 0 atom stereocenters. The third kappa shape index (κ3) is 3.47. The van der Waals surface area contributed by atoms with Crippen LogP contribution in [0, 0.1) is 12.7 Å². The Kier molecular flexibility index (Phi) is 4.55. The van der Waals surface area contributed by atoms with Crippen molar-refractivity contribution < 1.29 is 4.39 Å². The lowest BCUT2D eigenvalue weighted by Gasteiger charge is -2.14. The fourth-order valence-corrected chi connectivity index (χ4v) is 1.66. The maximum atomic E-state index is 13.3. The summed E-state index contributed by atoms with van der Waals surface area (Å²) in [5.74, 6) is -0.173. The van der Waals surface area contributed by atoms with Gasteiger partial charge in [-0.25, -0.2) is 4.39 Å². The molecule has 0 saturated heterocycles. The molecule has 0 unspecified atom stereocenters. The third-order valence-electron chi connectivity index (χ3n) is 2.63. The Balaban J connectivity index is 2.73. The Morgan fingerprint density at radius 1 is 1.40 bits per heavy atom. The molecule has 0 radical (unpaired) electrons. The fraction of sp³-hybridized carbons (Fsp3) is 0.500. The van der Waals surface area contributed by atoms with Crippen molar-refractivity contribution in [2.75, 3.05) is 20.1 Å². The molecule has 1 rings (SSSR count). The quantitative estimate of drug-likeness (QED) is 0.766. The number of nitrogens with zero attached hydrogens (tertiary/aromatic N) is 1. The van der Waals surface area contributed by atoms with E-state index < -0.39 is 0 Å². The molecular formula is C12H17ClFN. The first-order valence-corrected chi connectivity index (χ1v) is 5.55. The second kappa shape index (κ2) is 5.47. The lowest BCUT2D eigenvalue weighted by molar-refractivity contribution is 0.357. The van der Waals surface area contributed by atoms with Crippen LogP contribution in [0.25, 0.3) is 0 Å². The molecule has 1 nitrogen and oxygen atoms in total. The number of halogens is 2. The van der Waals surface area contributed by atoms with Gasteiger partial charge in [-0.1, -0.05) is 18.5 Å². The first-order chi connectivity index (χ1) is 7.04. The van der Waals surface area contributed by atoms with Gasteiger partial charge in [-0.05, 0) is 50.2 Å². The second-order valence-electron chi connectivity index (χ2n) is 3.84. The van der Waals surface area contributed by atoms with Crippen LogP contribution in [-0.2, 0) is 6.42 Å². The maximum Gasteiger partial charge on any atom is 0.126 e. The summed E-state index contributed by atoms with van der Waals surface area (Å²) in [7, 11) is 2.04. The van der Waals surface area contributed by atoms with Crippen LogP contribution in [0.1, 0.15) is 18.1 Å². The molecule has 0 aliphatic heterocycles. The van der Waals surface area contributed by atoms with Crippen molar-refractivity contribution in [2.24, 2.45) is 0 Å². The van der Waals surface area contributed by atoms with E-state index in [9.17, 15) is 4.39 Å². The van der Waals surface area contributed by atoms with Crippen molar-refractivity contribution in [3.8, 4) is 0 Å². The smallest absolute Gasteiger partial charge is 0.126 e. The minimum Gasteiger partial charge on any atom is -0.306 e. The Labute approximate surface area is 95.8 Å². The van der Waals surface area contributed by atoms with Crippen LogP contribution in [0.3, 0.4) is 0 Å². The predicted octanol–water partition coefficient (Wildman–Crippen LogP) is 3.28. The summed E-state index contributed by atoms with van der Waals surface area (Å²) in [5.41, 5.74) is 1.49. The van der Waals surface area contributed by atoms with Gasteiger partial charge >= 0.3 is 0 Å². The van der Waals surface area contributed by atoms with E-state index in [1.807, 2.05) is 7.05 Å². The van der Waals surface area contributed by atoms with E-state index in [1.165, 1.54) is 0 Å². The normalized spacial score (nSPS) is 11.1. The molecule has 0 amide bonds. The first-order valence-electron chi connectivity index (χ1n) is 5.17. The fourth-order valence-electron chi connectivity index (χ4n) is 1.35. The molecule has 0 spiro atoms. The van der Waals surface area contributed by atoms with E-state index in [2.05, 4.69) is 11.8 Å². The summed E-state index contributed by atoms with van der Waals surface area (Å²) in [4.78, 5) is 2.17. The van der Waals surface area contributed by atoms with E-state index >= 15 is 0 Å². The van der Waals surface area contributed by atoms with Crippen molar-refractivity contribution in [2.45, 2.75) is 20.3 Å². The predicted molar refractivity (Wildman–Crippen MR) is 63.0 cm³/mol. The van der Waals surface area contributed by atoms with E-state index in [1.54, 1.807) is 19.1 Å². The van der Waals surface area contributed by atoms with Crippen LogP contribution in [-0.4, -0.2) is 25.0 Å². The molecular weight excluding hydrogens is 213 g/mol. The van der Waals surface area contributed by atoms with Gasteiger partial charge in [0.2, 0.25) is 0 Å². The molecule has 3 heteroatoms. The van der Waals surface area contributed by atoms with Crippen molar-refractivity contribution in [1.29, 1.82) is 0 Å². The zero-order valence-electron chi connectivity index (χ0n) is 9.48. The third-order valence-corrected chi connectivity index (χ3v) is 2.98. The largest absolute Gasteiger partial charge is 0.306 e. The highest BCUT2D eigenvalue weighted by atomic mass is 35.5. The topological polar surface area (TPSA) is 3.24 Å². The van der Waals surface area contributed by atoms with Crippen LogP contribution >= 0.6 is 11.6 Å². The van der Waals surface area contributed by atoms with Gasteiger partial charge in [0.25, 0.3) is 0 Å². The highest BCUT2D eigenvalue weighted by Crippen LogP contribution is 2.20. The molecule has 0 fully saturated rings. The molecule has 0 bridgehead atoms. The molecule has 0 aliphatic carbocycles. The molecule has 0 aliphatic rings. The van der Waals surface area contributed by atoms with Crippen molar-refractivity contribution >= 4 is 11.6 Å². The van der Waals surface area contributed by atoms with Crippen LogP contribution in [0.4, 0.5) is 4.39 Å². The number of benzene rings is 1. The van der Waals surface area contributed by atoms with Crippen LogP contribution in [0.15, 0.2) is 12.1 Å². The number of hydrogen-bond donors (Lipinski definition) is 0. The Morgan fingerprint density at radius 3 is 2.67 bits per heavy atom. The average molecular weight is 230 g/mol. The maximum absolute atomic E-state index is 13.3. The van der Waals surface area contributed by atoms with Crippen LogP contribution < -0.4 is 0 Å². The molecule has 15 heavy (non-hydrogen) atoms. The lowest BCUT2D eigenvalue weighted by Crippen LogP contribution is -2.20. The van der Waals surface area contributed by atoms with Crippen molar-refractivity contribution in [1.82, 2.24) is 4.90 Å². The van der Waals surface area contributed by atoms with Gasteiger partial charge in [-0.15, -0.1) is 0 Å². The van der Waals surface area contributed by atoms with Gasteiger partial charge in [0.15, 0.2) is 0 Å². The number of likely N-dealkylation sites (N-methyl/N-ethyl adjacent to an activating group) is 1. The van der Waals surface area contributed by atoms with Gasteiger partial charge in [0.05, 0.1) is 0 Å². The highest BCUT2D eigenvalue weighted by Gasteiger charge is 2.06. The first kappa shape index (κ1) is 12.5. The van der Waals surface area contributed by atoms with Gasteiger partial charge in [0.1, 0.15) is 5.82 Å². The minimum atomic E-state index is -0.173. The minimum absolute atomic E-state index is 0.173.